The third-order valence-electron chi connectivity index (χ3n) is 1.41. The molecular weight excluding hydrogens is 183 g/mol. The van der Waals surface area contributed by atoms with Crippen molar-refractivity contribution in [2.75, 3.05) is 0 Å². The molecule has 66 valence electrons. The molecule has 0 aromatic heterocycles. The van der Waals surface area contributed by atoms with Crippen LogP contribution in [0, 0.1) is 0 Å². The second-order valence-electron chi connectivity index (χ2n) is 2.26. The minimum atomic E-state index is -4.15. The van der Waals surface area contributed by atoms with Crippen LogP contribution in [0.5, 0.6) is 0 Å². The van der Waals surface area contributed by atoms with Crippen LogP contribution in [-0.2, 0) is 10.1 Å². The molecule has 1 aromatic carbocycles. The number of rotatable bonds is 2. The van der Waals surface area contributed by atoms with Crippen molar-refractivity contribution in [3.8, 4) is 0 Å². The van der Waals surface area contributed by atoms with Gasteiger partial charge in [-0.3, -0.25) is 4.55 Å². The summed E-state index contributed by atoms with van der Waals surface area (Å²) in [5.74, 6) is 0. The van der Waals surface area contributed by atoms with Crippen LogP contribution in [0.3, 0.4) is 0 Å². The van der Waals surface area contributed by atoms with Gasteiger partial charge >= 0.3 is 18.9 Å². The first-order valence-corrected chi connectivity index (χ1v) is 4.67. The van der Waals surface area contributed by atoms with Crippen molar-refractivity contribution in [1.29, 1.82) is 0 Å². The number of hydrogen-bond acceptors (Lipinski definition) is 2. The van der Waals surface area contributed by atoms with Crippen LogP contribution in [0.25, 0.3) is 4.91 Å². The zero-order valence-electron chi connectivity index (χ0n) is 6.27. The molecule has 0 unspecified atom stereocenters. The molecule has 0 amide bonds. The molecule has 0 aliphatic rings. The Balaban J connectivity index is 0.00000144. The molecular formula is C8H9LiO3S. The Morgan fingerprint density at radius 2 is 1.69 bits per heavy atom. The molecule has 0 bridgehead atoms. The third-order valence-corrected chi connectivity index (χ3v) is 2.27. The summed E-state index contributed by atoms with van der Waals surface area (Å²) in [6.45, 7) is 3.26. The predicted octanol–water partition coefficient (Wildman–Crippen LogP) is 0.897. The normalized spacial score (nSPS) is 10.2. The van der Waals surface area contributed by atoms with Crippen LogP contribution in [0.15, 0.2) is 36.9 Å². The van der Waals surface area contributed by atoms with E-state index >= 15 is 0 Å². The Kier molecular flexibility index (Phi) is 4.44. The molecule has 0 spiro atoms. The van der Waals surface area contributed by atoms with E-state index in [-0.39, 0.29) is 23.8 Å². The van der Waals surface area contributed by atoms with Crippen LogP contribution in [-0.4, -0.2) is 31.8 Å². The average molecular weight is 192 g/mol. The number of hydrogen-bond donors (Lipinski definition) is 1. The van der Waals surface area contributed by atoms with Crippen molar-refractivity contribution in [2.24, 2.45) is 0 Å². The molecule has 0 heterocycles. The van der Waals surface area contributed by atoms with Gasteiger partial charge in [0.15, 0.2) is 0 Å². The van der Waals surface area contributed by atoms with E-state index in [4.69, 9.17) is 4.55 Å². The molecule has 0 atom stereocenters. The van der Waals surface area contributed by atoms with Gasteiger partial charge in [-0.2, -0.15) is 8.42 Å². The van der Waals surface area contributed by atoms with Gasteiger partial charge in [0.05, 0.1) is 4.91 Å². The van der Waals surface area contributed by atoms with Crippen molar-refractivity contribution in [1.82, 2.24) is 0 Å². The molecule has 1 rings (SSSR count). The maximum absolute atomic E-state index is 10.6. The van der Waals surface area contributed by atoms with Gasteiger partial charge in [-0.05, 0) is 5.56 Å². The van der Waals surface area contributed by atoms with Crippen molar-refractivity contribution in [3.05, 3.63) is 42.5 Å². The van der Waals surface area contributed by atoms with Gasteiger partial charge in [0.1, 0.15) is 0 Å². The van der Waals surface area contributed by atoms with E-state index in [9.17, 15) is 8.42 Å². The minimum absolute atomic E-state index is 0. The molecule has 0 fully saturated rings. The Labute approximate surface area is 89.4 Å². The van der Waals surface area contributed by atoms with E-state index in [2.05, 4.69) is 6.58 Å². The van der Waals surface area contributed by atoms with Crippen molar-refractivity contribution in [2.45, 2.75) is 0 Å². The van der Waals surface area contributed by atoms with Gasteiger partial charge in [0.25, 0.3) is 10.1 Å². The molecule has 1 N–H and O–H groups in total. The summed E-state index contributed by atoms with van der Waals surface area (Å²) in [5, 5.41) is 0. The monoisotopic (exact) mass is 192 g/mol. The zero-order valence-corrected chi connectivity index (χ0v) is 7.08. The van der Waals surface area contributed by atoms with E-state index < -0.39 is 10.1 Å². The van der Waals surface area contributed by atoms with E-state index in [1.807, 2.05) is 0 Å². The van der Waals surface area contributed by atoms with E-state index in [0.29, 0.717) is 5.56 Å². The fourth-order valence-corrected chi connectivity index (χ4v) is 1.21. The van der Waals surface area contributed by atoms with Crippen LogP contribution in [0.4, 0.5) is 0 Å². The molecule has 0 saturated heterocycles. The topological polar surface area (TPSA) is 54.4 Å². The Bertz CT molecular complexity index is 383. The summed E-state index contributed by atoms with van der Waals surface area (Å²) in [7, 11) is -4.15. The molecule has 3 nitrogen and oxygen atoms in total. The second kappa shape index (κ2) is 4.63. The van der Waals surface area contributed by atoms with Gasteiger partial charge in [-0.15, -0.1) is 0 Å². The molecule has 0 radical (unpaired) electrons. The van der Waals surface area contributed by atoms with Gasteiger partial charge in [-0.25, -0.2) is 0 Å². The summed E-state index contributed by atoms with van der Waals surface area (Å²) >= 11 is 0. The van der Waals surface area contributed by atoms with E-state index in [0.717, 1.165) is 0 Å². The number of benzene rings is 1. The molecule has 0 aliphatic heterocycles. The van der Waals surface area contributed by atoms with Gasteiger partial charge in [-0.1, -0.05) is 36.9 Å². The quantitative estimate of drug-likeness (QED) is 0.559. The first kappa shape index (κ1) is 12.5. The summed E-state index contributed by atoms with van der Waals surface area (Å²) in [6.07, 6.45) is 0. The van der Waals surface area contributed by atoms with E-state index in [1.54, 1.807) is 30.3 Å². The fraction of sp³-hybridized carbons (Fsp3) is 0. The fourth-order valence-electron chi connectivity index (χ4n) is 0.773. The standard InChI is InChI=1S/C8H8O3S.Li.H/c1-7(12(9,10)11)8-5-3-2-4-6-8;;/h2-6H,1H2,(H,9,10,11);;. The zero-order chi connectivity index (χ0) is 9.19. The molecule has 13 heavy (non-hydrogen) atoms. The summed E-state index contributed by atoms with van der Waals surface area (Å²) < 4.78 is 29.8. The van der Waals surface area contributed by atoms with Crippen LogP contribution in [0.2, 0.25) is 0 Å². The van der Waals surface area contributed by atoms with Crippen LogP contribution in [0.1, 0.15) is 5.56 Å². The van der Waals surface area contributed by atoms with Crippen LogP contribution < -0.4 is 0 Å². The van der Waals surface area contributed by atoms with Crippen molar-refractivity contribution >= 4 is 33.9 Å². The third kappa shape index (κ3) is 3.37. The second-order valence-corrected chi connectivity index (χ2v) is 3.71. The van der Waals surface area contributed by atoms with Crippen LogP contribution >= 0.6 is 0 Å². The molecule has 0 saturated carbocycles. The van der Waals surface area contributed by atoms with Gasteiger partial charge in [0.2, 0.25) is 0 Å². The summed E-state index contributed by atoms with van der Waals surface area (Å²) in [6, 6.07) is 8.23. The average Bonchev–Trinajstić information content (AvgIpc) is 2.03. The van der Waals surface area contributed by atoms with Crippen molar-refractivity contribution in [3.63, 3.8) is 0 Å². The van der Waals surface area contributed by atoms with Gasteiger partial charge in [0, 0.05) is 0 Å². The SMILES string of the molecule is C=C(c1ccccc1)S(=O)(=O)O.[LiH]. The first-order chi connectivity index (χ1) is 5.52. The molecule has 5 heteroatoms. The molecule has 0 aliphatic carbocycles. The molecule has 1 aromatic rings. The first-order valence-electron chi connectivity index (χ1n) is 3.23. The predicted molar refractivity (Wildman–Crippen MR) is 54.2 cm³/mol. The Morgan fingerprint density at radius 3 is 2.08 bits per heavy atom. The van der Waals surface area contributed by atoms with Gasteiger partial charge < -0.3 is 0 Å². The Morgan fingerprint density at radius 1 is 1.23 bits per heavy atom. The Hall–Kier alpha value is -0.533. The summed E-state index contributed by atoms with van der Waals surface area (Å²) in [4.78, 5) is -0.275. The van der Waals surface area contributed by atoms with E-state index in [1.165, 1.54) is 0 Å². The summed E-state index contributed by atoms with van der Waals surface area (Å²) in [5.41, 5.74) is 0.403. The maximum atomic E-state index is 10.6. The van der Waals surface area contributed by atoms with Crippen molar-refractivity contribution < 1.29 is 13.0 Å².